The largest absolute Gasteiger partial charge is 0.480 e. The van der Waals surface area contributed by atoms with E-state index in [1.807, 2.05) is 0 Å². The molecule has 1 saturated heterocycles. The maximum absolute atomic E-state index is 12.4. The molecule has 2 N–H and O–H groups in total. The number of rotatable bonds is 4. The van der Waals surface area contributed by atoms with Crippen molar-refractivity contribution in [2.75, 3.05) is 26.2 Å². The van der Waals surface area contributed by atoms with Crippen molar-refractivity contribution < 1.29 is 27.9 Å². The fraction of sp³-hybridized carbons (Fsp3) is 0.818. The first kappa shape index (κ1) is 15.7. The Labute approximate surface area is 108 Å². The van der Waals surface area contributed by atoms with Gasteiger partial charge < -0.3 is 15.3 Å². The van der Waals surface area contributed by atoms with Crippen LogP contribution in [0, 0.1) is 5.41 Å². The SMILES string of the molecule is CC1(C(=O)N(CC(=O)O)CC(F)(F)F)CCNCC1. The molecule has 1 aliphatic rings. The van der Waals surface area contributed by atoms with Gasteiger partial charge in [-0.2, -0.15) is 13.2 Å². The van der Waals surface area contributed by atoms with Crippen LogP contribution in [0.15, 0.2) is 0 Å². The highest BCUT2D eigenvalue weighted by Gasteiger charge is 2.42. The third-order valence-electron chi connectivity index (χ3n) is 3.21. The molecule has 8 heteroatoms. The minimum absolute atomic E-state index is 0.383. The van der Waals surface area contributed by atoms with E-state index in [1.165, 1.54) is 0 Å². The van der Waals surface area contributed by atoms with Crippen molar-refractivity contribution in [3.05, 3.63) is 0 Å². The Hall–Kier alpha value is -1.31. The summed E-state index contributed by atoms with van der Waals surface area (Å²) in [5, 5.41) is 11.7. The van der Waals surface area contributed by atoms with Crippen LogP contribution in [0.25, 0.3) is 0 Å². The van der Waals surface area contributed by atoms with Gasteiger partial charge in [0.2, 0.25) is 5.91 Å². The maximum Gasteiger partial charge on any atom is 0.406 e. The Balaban J connectivity index is 2.83. The lowest BCUT2D eigenvalue weighted by Crippen LogP contribution is -2.51. The molecule has 0 aliphatic carbocycles. The predicted molar refractivity (Wildman–Crippen MR) is 60.5 cm³/mol. The zero-order valence-corrected chi connectivity index (χ0v) is 10.6. The summed E-state index contributed by atoms with van der Waals surface area (Å²) in [6.07, 6.45) is -3.80. The van der Waals surface area contributed by atoms with Crippen LogP contribution in [0.1, 0.15) is 19.8 Å². The van der Waals surface area contributed by atoms with E-state index >= 15 is 0 Å². The van der Waals surface area contributed by atoms with Gasteiger partial charge in [0.15, 0.2) is 0 Å². The van der Waals surface area contributed by atoms with E-state index in [0.717, 1.165) is 0 Å². The number of carboxylic acid groups (broad SMARTS) is 1. The fourth-order valence-electron chi connectivity index (χ4n) is 2.15. The lowest BCUT2D eigenvalue weighted by Gasteiger charge is -2.37. The van der Waals surface area contributed by atoms with Crippen LogP contribution >= 0.6 is 0 Å². The Morgan fingerprint density at radius 3 is 2.26 bits per heavy atom. The molecule has 1 rings (SSSR count). The van der Waals surface area contributed by atoms with E-state index in [0.29, 0.717) is 30.8 Å². The maximum atomic E-state index is 12.4. The molecule has 0 saturated carbocycles. The third-order valence-corrected chi connectivity index (χ3v) is 3.21. The van der Waals surface area contributed by atoms with Gasteiger partial charge in [-0.15, -0.1) is 0 Å². The standard InChI is InChI=1S/C11H17F3N2O3/c1-10(2-4-15-5-3-10)9(19)16(6-8(17)18)7-11(12,13)14/h15H,2-7H2,1H3,(H,17,18). The molecule has 0 aromatic rings. The first-order valence-electron chi connectivity index (χ1n) is 5.93. The fourth-order valence-corrected chi connectivity index (χ4v) is 2.15. The highest BCUT2D eigenvalue weighted by molar-refractivity contribution is 5.85. The summed E-state index contributed by atoms with van der Waals surface area (Å²) in [7, 11) is 0. The number of halogens is 3. The van der Waals surface area contributed by atoms with Crippen molar-refractivity contribution in [3.63, 3.8) is 0 Å². The Kier molecular flexibility index (Phi) is 4.78. The topological polar surface area (TPSA) is 69.6 Å². The Morgan fingerprint density at radius 1 is 1.32 bits per heavy atom. The van der Waals surface area contributed by atoms with Crippen LogP contribution in [-0.2, 0) is 9.59 Å². The molecule has 0 bridgehead atoms. The van der Waals surface area contributed by atoms with E-state index in [1.54, 1.807) is 6.92 Å². The second-order valence-electron chi connectivity index (χ2n) is 4.98. The van der Waals surface area contributed by atoms with E-state index in [4.69, 9.17) is 5.11 Å². The molecule has 19 heavy (non-hydrogen) atoms. The number of aliphatic carboxylic acids is 1. The quantitative estimate of drug-likeness (QED) is 0.802. The molecule has 1 aliphatic heterocycles. The van der Waals surface area contributed by atoms with Crippen LogP contribution in [0.3, 0.4) is 0 Å². The number of carbonyl (C=O) groups excluding carboxylic acids is 1. The van der Waals surface area contributed by atoms with Crippen molar-refractivity contribution in [3.8, 4) is 0 Å². The molecule has 1 amide bonds. The molecule has 0 aromatic heterocycles. The first-order chi connectivity index (χ1) is 8.64. The van der Waals surface area contributed by atoms with Crippen molar-refractivity contribution in [2.24, 2.45) is 5.41 Å². The van der Waals surface area contributed by atoms with Gasteiger partial charge in [0, 0.05) is 5.41 Å². The Bertz CT molecular complexity index is 352. The summed E-state index contributed by atoms with van der Waals surface area (Å²) in [4.78, 5) is 23.2. The van der Waals surface area contributed by atoms with Crippen LogP contribution in [0.5, 0.6) is 0 Å². The van der Waals surface area contributed by atoms with Gasteiger partial charge in [-0.1, -0.05) is 6.92 Å². The minimum Gasteiger partial charge on any atom is -0.480 e. The van der Waals surface area contributed by atoms with Crippen LogP contribution in [0.2, 0.25) is 0 Å². The van der Waals surface area contributed by atoms with Crippen LogP contribution in [-0.4, -0.2) is 54.2 Å². The van der Waals surface area contributed by atoms with Gasteiger partial charge in [-0.05, 0) is 25.9 Å². The summed E-state index contributed by atoms with van der Waals surface area (Å²) in [5.74, 6) is -2.19. The number of hydrogen-bond acceptors (Lipinski definition) is 3. The number of carboxylic acids is 1. The summed E-state index contributed by atoms with van der Waals surface area (Å²) < 4.78 is 37.2. The normalized spacial score (nSPS) is 18.9. The lowest BCUT2D eigenvalue weighted by molar-refractivity contribution is -0.171. The highest BCUT2D eigenvalue weighted by Crippen LogP contribution is 2.31. The average Bonchev–Trinajstić information content (AvgIpc) is 2.25. The molecular weight excluding hydrogens is 265 g/mol. The molecule has 5 nitrogen and oxygen atoms in total. The third kappa shape index (κ3) is 4.70. The highest BCUT2D eigenvalue weighted by atomic mass is 19.4. The van der Waals surface area contributed by atoms with Crippen molar-refractivity contribution in [2.45, 2.75) is 25.9 Å². The van der Waals surface area contributed by atoms with E-state index in [2.05, 4.69) is 5.32 Å². The molecule has 0 unspecified atom stereocenters. The van der Waals surface area contributed by atoms with Gasteiger partial charge in [0.25, 0.3) is 0 Å². The second-order valence-corrected chi connectivity index (χ2v) is 4.98. The number of alkyl halides is 3. The number of amides is 1. The summed E-state index contributed by atoms with van der Waals surface area (Å²) in [6, 6.07) is 0. The second kappa shape index (κ2) is 5.77. The number of carbonyl (C=O) groups is 2. The molecule has 0 atom stereocenters. The average molecular weight is 282 g/mol. The van der Waals surface area contributed by atoms with Gasteiger partial charge >= 0.3 is 12.1 Å². The number of piperidine rings is 1. The summed E-state index contributed by atoms with van der Waals surface area (Å²) >= 11 is 0. The first-order valence-corrected chi connectivity index (χ1v) is 5.93. The van der Waals surface area contributed by atoms with E-state index in [9.17, 15) is 22.8 Å². The smallest absolute Gasteiger partial charge is 0.406 e. The van der Waals surface area contributed by atoms with Crippen molar-refractivity contribution >= 4 is 11.9 Å². The molecule has 0 radical (unpaired) electrons. The molecule has 0 aromatic carbocycles. The predicted octanol–water partition coefficient (Wildman–Crippen LogP) is 0.852. The number of nitrogens with zero attached hydrogens (tertiary/aromatic N) is 1. The summed E-state index contributed by atoms with van der Waals surface area (Å²) in [6.45, 7) is 0.203. The minimum atomic E-state index is -4.60. The lowest BCUT2D eigenvalue weighted by atomic mass is 9.79. The van der Waals surface area contributed by atoms with E-state index in [-0.39, 0.29) is 0 Å². The van der Waals surface area contributed by atoms with Gasteiger partial charge in [-0.25, -0.2) is 0 Å². The molecule has 1 fully saturated rings. The van der Waals surface area contributed by atoms with Gasteiger partial charge in [0.1, 0.15) is 13.1 Å². The molecule has 1 heterocycles. The zero-order valence-electron chi connectivity index (χ0n) is 10.6. The van der Waals surface area contributed by atoms with Crippen molar-refractivity contribution in [1.29, 1.82) is 0 Å². The van der Waals surface area contributed by atoms with Crippen LogP contribution in [0.4, 0.5) is 13.2 Å². The zero-order chi connectivity index (χ0) is 14.7. The molecular formula is C11H17F3N2O3. The monoisotopic (exact) mass is 282 g/mol. The van der Waals surface area contributed by atoms with Crippen molar-refractivity contribution in [1.82, 2.24) is 10.2 Å². The Morgan fingerprint density at radius 2 is 1.84 bits per heavy atom. The van der Waals surface area contributed by atoms with Gasteiger partial charge in [0.05, 0.1) is 0 Å². The number of hydrogen-bond donors (Lipinski definition) is 2. The van der Waals surface area contributed by atoms with Gasteiger partial charge in [-0.3, -0.25) is 9.59 Å². The summed E-state index contributed by atoms with van der Waals surface area (Å²) in [5.41, 5.74) is -0.925. The number of nitrogens with one attached hydrogen (secondary N) is 1. The molecule has 110 valence electrons. The van der Waals surface area contributed by atoms with Crippen LogP contribution < -0.4 is 5.32 Å². The van der Waals surface area contributed by atoms with E-state index < -0.39 is 36.6 Å². The molecule has 0 spiro atoms.